The Hall–Kier alpha value is -2.73. The van der Waals surface area contributed by atoms with Gasteiger partial charge < -0.3 is 14.9 Å². The van der Waals surface area contributed by atoms with E-state index in [1.807, 2.05) is 58.5 Å². The predicted octanol–water partition coefficient (Wildman–Crippen LogP) is 2.35. The fraction of sp³-hybridized carbons (Fsp3) is 0.381. The highest BCUT2D eigenvalue weighted by Gasteiger charge is 2.41. The van der Waals surface area contributed by atoms with Gasteiger partial charge in [0.05, 0.1) is 24.3 Å². The van der Waals surface area contributed by atoms with Gasteiger partial charge >= 0.3 is 0 Å². The lowest BCUT2D eigenvalue weighted by Crippen LogP contribution is -2.34. The lowest BCUT2D eigenvalue weighted by Gasteiger charge is -2.19. The number of anilines is 3. The molecule has 6 nitrogen and oxygen atoms in total. The quantitative estimate of drug-likeness (QED) is 0.865. The number of amides is 1. The Morgan fingerprint density at radius 2 is 1.44 bits per heavy atom. The average Bonchev–Trinajstić information content (AvgIpc) is 2.98. The Labute approximate surface area is 162 Å². The minimum absolute atomic E-state index is 0.131. The van der Waals surface area contributed by atoms with E-state index in [1.54, 1.807) is 11.9 Å². The van der Waals surface area contributed by atoms with E-state index in [1.165, 1.54) is 11.4 Å². The van der Waals surface area contributed by atoms with Gasteiger partial charge in [0, 0.05) is 39.6 Å². The van der Waals surface area contributed by atoms with Crippen molar-refractivity contribution in [2.24, 2.45) is 5.41 Å². The van der Waals surface area contributed by atoms with E-state index < -0.39 is 5.41 Å². The fourth-order valence-corrected chi connectivity index (χ4v) is 2.65. The maximum absolute atomic E-state index is 11.6. The highest BCUT2D eigenvalue weighted by Crippen LogP contribution is 2.26. The van der Waals surface area contributed by atoms with Gasteiger partial charge in [-0.15, -0.1) is 0 Å². The molecule has 1 saturated heterocycles. The van der Waals surface area contributed by atoms with E-state index in [0.717, 1.165) is 5.69 Å². The van der Waals surface area contributed by atoms with Gasteiger partial charge in [-0.25, -0.2) is 0 Å². The third kappa shape index (κ3) is 5.14. The Kier molecular flexibility index (Phi) is 6.69. The zero-order chi connectivity index (χ0) is 20.0. The van der Waals surface area contributed by atoms with E-state index in [-0.39, 0.29) is 12.5 Å². The van der Waals surface area contributed by atoms with Crippen LogP contribution in [-0.2, 0) is 4.79 Å². The molecule has 2 aromatic rings. The molecule has 1 aliphatic rings. The molecule has 1 aliphatic heterocycles. The maximum atomic E-state index is 11.6. The molecule has 0 aliphatic carbocycles. The van der Waals surface area contributed by atoms with Gasteiger partial charge in [0.25, 0.3) is 0 Å². The van der Waals surface area contributed by atoms with Gasteiger partial charge in [0.15, 0.2) is 0 Å². The summed E-state index contributed by atoms with van der Waals surface area (Å²) in [4.78, 5) is 15.8. The van der Waals surface area contributed by atoms with Crippen LogP contribution in [0.25, 0.3) is 0 Å². The molecule has 2 N–H and O–H groups in total. The first-order valence-corrected chi connectivity index (χ1v) is 8.96. The molecule has 27 heavy (non-hydrogen) atoms. The molecule has 1 amide bonds. The topological polar surface area (TPSA) is 59.1 Å². The second-order valence-corrected chi connectivity index (χ2v) is 7.39. The molecule has 3 rings (SSSR count). The average molecular weight is 370 g/mol. The van der Waals surface area contributed by atoms with Crippen LogP contribution in [0.1, 0.15) is 6.92 Å². The van der Waals surface area contributed by atoms with Crippen LogP contribution < -0.4 is 20.2 Å². The minimum Gasteiger partial charge on any atom is -0.395 e. The Bertz CT molecular complexity index is 705. The number of para-hydroxylation sites is 1. The summed E-state index contributed by atoms with van der Waals surface area (Å²) in [5.74, 6) is -0.131. The molecule has 0 radical (unpaired) electrons. The molecular weight excluding hydrogens is 340 g/mol. The van der Waals surface area contributed by atoms with E-state index >= 15 is 0 Å². The molecule has 1 heterocycles. The van der Waals surface area contributed by atoms with Crippen LogP contribution in [0.2, 0.25) is 0 Å². The molecule has 2 aromatic carbocycles. The highest BCUT2D eigenvalue weighted by molar-refractivity contribution is 5.87. The summed E-state index contributed by atoms with van der Waals surface area (Å²) in [5.41, 5.74) is 5.45. The van der Waals surface area contributed by atoms with Gasteiger partial charge in [0.1, 0.15) is 0 Å². The molecule has 0 bridgehead atoms. The lowest BCUT2D eigenvalue weighted by molar-refractivity contribution is -0.128. The number of carbonyl (C=O) groups excluding carboxylic acids is 1. The Morgan fingerprint density at radius 1 is 0.963 bits per heavy atom. The standard InChI is InChI=1S/C11H14N2O2.C10H16N2/c1-11(8-14)7-13(12-10(11)15)9-5-3-2-4-6-9;1-11(2)9-5-7-10(8-6-9)12(3)4/h2-6,14H,7-8H2,1H3,(H,12,15);5-8H,1-4H3. The number of benzene rings is 2. The number of aliphatic hydroxyl groups excluding tert-OH is 1. The van der Waals surface area contributed by atoms with Crippen LogP contribution >= 0.6 is 0 Å². The van der Waals surface area contributed by atoms with Gasteiger partial charge in [-0.1, -0.05) is 18.2 Å². The normalized spacial score (nSPS) is 18.4. The van der Waals surface area contributed by atoms with Crippen molar-refractivity contribution in [3.63, 3.8) is 0 Å². The van der Waals surface area contributed by atoms with Crippen molar-refractivity contribution in [1.29, 1.82) is 0 Å². The van der Waals surface area contributed by atoms with Crippen molar-refractivity contribution in [3.05, 3.63) is 54.6 Å². The molecule has 0 spiro atoms. The highest BCUT2D eigenvalue weighted by atomic mass is 16.3. The number of carbonyl (C=O) groups is 1. The first-order chi connectivity index (χ1) is 12.8. The second kappa shape index (κ2) is 8.77. The Balaban J connectivity index is 0.000000199. The number of hydrogen-bond donors (Lipinski definition) is 2. The van der Waals surface area contributed by atoms with Crippen molar-refractivity contribution in [3.8, 4) is 0 Å². The summed E-state index contributed by atoms with van der Waals surface area (Å²) in [5, 5.41) is 10.9. The van der Waals surface area contributed by atoms with E-state index in [2.05, 4.69) is 39.5 Å². The van der Waals surface area contributed by atoms with Crippen LogP contribution in [0.4, 0.5) is 17.1 Å². The van der Waals surface area contributed by atoms with Crippen LogP contribution in [0.15, 0.2) is 54.6 Å². The zero-order valence-electron chi connectivity index (χ0n) is 16.8. The smallest absolute Gasteiger partial charge is 0.248 e. The maximum Gasteiger partial charge on any atom is 0.248 e. The number of rotatable bonds is 4. The number of hydrazine groups is 1. The molecule has 1 unspecified atom stereocenters. The number of aliphatic hydroxyl groups is 1. The first kappa shape index (κ1) is 20.6. The van der Waals surface area contributed by atoms with Crippen LogP contribution in [0.3, 0.4) is 0 Å². The van der Waals surface area contributed by atoms with Crippen LogP contribution in [-0.4, -0.2) is 52.4 Å². The number of hydrogen-bond acceptors (Lipinski definition) is 5. The molecule has 6 heteroatoms. The van der Waals surface area contributed by atoms with Crippen molar-refractivity contribution in [2.45, 2.75) is 6.92 Å². The van der Waals surface area contributed by atoms with Crippen molar-refractivity contribution < 1.29 is 9.90 Å². The summed E-state index contributed by atoms with van der Waals surface area (Å²) >= 11 is 0. The molecule has 1 fully saturated rings. The largest absolute Gasteiger partial charge is 0.395 e. The molecule has 1 atom stereocenters. The Morgan fingerprint density at radius 3 is 1.81 bits per heavy atom. The fourth-order valence-electron chi connectivity index (χ4n) is 2.65. The van der Waals surface area contributed by atoms with E-state index in [9.17, 15) is 9.90 Å². The van der Waals surface area contributed by atoms with Crippen LogP contribution in [0.5, 0.6) is 0 Å². The molecule has 0 saturated carbocycles. The summed E-state index contributed by atoms with van der Waals surface area (Å²) in [6.07, 6.45) is 0. The van der Waals surface area contributed by atoms with Crippen LogP contribution in [0, 0.1) is 5.41 Å². The molecule has 0 aromatic heterocycles. The van der Waals surface area contributed by atoms with E-state index in [4.69, 9.17) is 0 Å². The van der Waals surface area contributed by atoms with Gasteiger partial charge in [-0.3, -0.25) is 15.2 Å². The summed E-state index contributed by atoms with van der Waals surface area (Å²) in [7, 11) is 8.19. The van der Waals surface area contributed by atoms with Gasteiger partial charge in [0.2, 0.25) is 5.91 Å². The monoisotopic (exact) mass is 370 g/mol. The molecular formula is C21H30N4O2. The lowest BCUT2D eigenvalue weighted by atomic mass is 9.92. The van der Waals surface area contributed by atoms with E-state index in [0.29, 0.717) is 6.54 Å². The van der Waals surface area contributed by atoms with Gasteiger partial charge in [-0.05, 0) is 43.3 Å². The minimum atomic E-state index is -0.699. The first-order valence-electron chi connectivity index (χ1n) is 8.96. The third-order valence-electron chi connectivity index (χ3n) is 4.59. The van der Waals surface area contributed by atoms with Crippen molar-refractivity contribution in [2.75, 3.05) is 56.2 Å². The summed E-state index contributed by atoms with van der Waals surface area (Å²) < 4.78 is 0. The summed E-state index contributed by atoms with van der Waals surface area (Å²) in [6, 6.07) is 18.1. The SMILES string of the molecule is CC1(CO)CN(c2ccccc2)NC1=O.CN(C)c1ccc(N(C)C)cc1. The van der Waals surface area contributed by atoms with Crippen molar-refractivity contribution in [1.82, 2.24) is 5.43 Å². The van der Waals surface area contributed by atoms with Crippen molar-refractivity contribution >= 4 is 23.0 Å². The zero-order valence-corrected chi connectivity index (χ0v) is 16.8. The predicted molar refractivity (Wildman–Crippen MR) is 112 cm³/mol. The number of nitrogens with zero attached hydrogens (tertiary/aromatic N) is 3. The summed E-state index contributed by atoms with van der Waals surface area (Å²) in [6.45, 7) is 2.11. The molecule has 146 valence electrons. The van der Waals surface area contributed by atoms with Gasteiger partial charge in [-0.2, -0.15) is 0 Å². The number of nitrogens with one attached hydrogen (secondary N) is 1. The third-order valence-corrected chi connectivity index (χ3v) is 4.59. The second-order valence-electron chi connectivity index (χ2n) is 7.39.